The molecule has 0 bridgehead atoms. The molecule has 1 N–H and O–H groups in total. The lowest BCUT2D eigenvalue weighted by Crippen LogP contribution is -2.26. The predicted molar refractivity (Wildman–Crippen MR) is 51.7 cm³/mol. The van der Waals surface area contributed by atoms with Crippen LogP contribution in [0.5, 0.6) is 0 Å². The van der Waals surface area contributed by atoms with E-state index in [-0.39, 0.29) is 17.3 Å². The number of hydrogen-bond donors (Lipinski definition) is 1. The lowest BCUT2D eigenvalue weighted by Gasteiger charge is -2.13. The highest BCUT2D eigenvalue weighted by Gasteiger charge is 2.26. The van der Waals surface area contributed by atoms with Crippen molar-refractivity contribution in [3.05, 3.63) is 10.1 Å². The van der Waals surface area contributed by atoms with E-state index < -0.39 is 17.9 Å². The summed E-state index contributed by atoms with van der Waals surface area (Å²) in [4.78, 5) is 20.8. The van der Waals surface area contributed by atoms with Gasteiger partial charge in [0.25, 0.3) is 0 Å². The molecule has 2 atom stereocenters. The molecule has 5 heteroatoms. The molecule has 0 fully saturated rings. The Kier molecular flexibility index (Phi) is 5.12. The molecule has 0 heterocycles. The average Bonchev–Trinajstić information content (AvgIpc) is 2.01. The van der Waals surface area contributed by atoms with Gasteiger partial charge in [-0.2, -0.15) is 0 Å². The van der Waals surface area contributed by atoms with Gasteiger partial charge in [-0.25, -0.2) is 0 Å². The van der Waals surface area contributed by atoms with Crippen LogP contribution in [-0.2, 0) is 4.79 Å². The fraction of sp³-hybridized carbons (Fsp3) is 0.889. The van der Waals surface area contributed by atoms with Gasteiger partial charge in [0.2, 0.25) is 6.04 Å². The molecular formula is C9H17NO4. The van der Waals surface area contributed by atoms with Gasteiger partial charge in [0.05, 0.1) is 5.92 Å². The fourth-order valence-electron chi connectivity index (χ4n) is 1.32. The van der Waals surface area contributed by atoms with Crippen LogP contribution in [0.1, 0.15) is 33.6 Å². The summed E-state index contributed by atoms with van der Waals surface area (Å²) in [6.45, 7) is 5.28. The standard InChI is InChI=1S/C9H17NO4/c1-6(2)4-8(10(13)14)5-7(3)9(11)12/h6-8H,4-5H2,1-3H3,(H,11,12). The largest absolute Gasteiger partial charge is 0.481 e. The molecule has 0 spiro atoms. The van der Waals surface area contributed by atoms with Gasteiger partial charge >= 0.3 is 5.97 Å². The highest BCUT2D eigenvalue weighted by atomic mass is 16.6. The minimum absolute atomic E-state index is 0.112. The number of carboxylic acids is 1. The highest BCUT2D eigenvalue weighted by Crippen LogP contribution is 2.16. The van der Waals surface area contributed by atoms with Crippen LogP contribution in [0.4, 0.5) is 0 Å². The zero-order valence-corrected chi connectivity index (χ0v) is 8.77. The summed E-state index contributed by atoms with van der Waals surface area (Å²) in [6.07, 6.45) is 0.547. The van der Waals surface area contributed by atoms with Crippen molar-refractivity contribution in [2.75, 3.05) is 0 Å². The van der Waals surface area contributed by atoms with Crippen LogP contribution in [0, 0.1) is 22.0 Å². The Hall–Kier alpha value is -1.13. The van der Waals surface area contributed by atoms with Crippen LogP contribution < -0.4 is 0 Å². The Labute approximate surface area is 83.3 Å². The second-order valence-electron chi connectivity index (χ2n) is 4.04. The summed E-state index contributed by atoms with van der Waals surface area (Å²) in [5.74, 6) is -1.41. The van der Waals surface area contributed by atoms with Crippen molar-refractivity contribution in [2.45, 2.75) is 39.7 Å². The Balaban J connectivity index is 4.23. The normalized spacial score (nSPS) is 15.1. The molecule has 0 saturated heterocycles. The number of carbonyl (C=O) groups is 1. The SMILES string of the molecule is CC(C)CC(CC(C)C(=O)O)[N+](=O)[O-]. The maximum atomic E-state index is 10.6. The summed E-state index contributed by atoms with van der Waals surface area (Å²) in [6, 6.07) is -0.735. The van der Waals surface area contributed by atoms with Crippen LogP contribution in [0.2, 0.25) is 0 Å². The third kappa shape index (κ3) is 4.79. The lowest BCUT2D eigenvalue weighted by molar-refractivity contribution is -0.526. The van der Waals surface area contributed by atoms with E-state index in [1.54, 1.807) is 0 Å². The molecule has 0 rings (SSSR count). The number of aliphatic carboxylic acids is 1. The summed E-state index contributed by atoms with van der Waals surface area (Å²) in [5.41, 5.74) is 0. The van der Waals surface area contributed by atoms with Crippen LogP contribution in [0.25, 0.3) is 0 Å². The average molecular weight is 203 g/mol. The molecule has 82 valence electrons. The van der Waals surface area contributed by atoms with Crippen molar-refractivity contribution < 1.29 is 14.8 Å². The van der Waals surface area contributed by atoms with Crippen LogP contribution in [0.3, 0.4) is 0 Å². The molecule has 5 nitrogen and oxygen atoms in total. The van der Waals surface area contributed by atoms with Gasteiger partial charge in [-0.05, 0) is 5.92 Å². The van der Waals surface area contributed by atoms with E-state index in [1.807, 2.05) is 13.8 Å². The third-order valence-electron chi connectivity index (χ3n) is 2.09. The van der Waals surface area contributed by atoms with E-state index in [4.69, 9.17) is 5.11 Å². The first-order valence-corrected chi connectivity index (χ1v) is 4.70. The number of carboxylic acid groups (broad SMARTS) is 1. The van der Waals surface area contributed by atoms with Crippen molar-refractivity contribution in [2.24, 2.45) is 11.8 Å². The van der Waals surface area contributed by atoms with E-state index >= 15 is 0 Å². The molecule has 2 unspecified atom stereocenters. The second kappa shape index (κ2) is 5.57. The predicted octanol–water partition coefficient (Wildman–Crippen LogP) is 1.79. The molecule has 0 aliphatic carbocycles. The molecule has 0 aromatic heterocycles. The fourth-order valence-corrected chi connectivity index (χ4v) is 1.32. The molecule has 0 saturated carbocycles. The van der Waals surface area contributed by atoms with Gasteiger partial charge in [0, 0.05) is 17.8 Å². The van der Waals surface area contributed by atoms with Crippen molar-refractivity contribution in [3.8, 4) is 0 Å². The first-order chi connectivity index (χ1) is 6.34. The maximum Gasteiger partial charge on any atom is 0.306 e. The van der Waals surface area contributed by atoms with Crippen molar-refractivity contribution in [3.63, 3.8) is 0 Å². The Morgan fingerprint density at radius 1 is 1.36 bits per heavy atom. The minimum atomic E-state index is -0.972. The highest BCUT2D eigenvalue weighted by molar-refractivity contribution is 5.69. The van der Waals surface area contributed by atoms with Crippen molar-refractivity contribution >= 4 is 5.97 Å². The maximum absolute atomic E-state index is 10.6. The van der Waals surface area contributed by atoms with Gasteiger partial charge in [-0.3, -0.25) is 14.9 Å². The topological polar surface area (TPSA) is 80.4 Å². The third-order valence-corrected chi connectivity index (χ3v) is 2.09. The molecule has 0 aliphatic heterocycles. The molecule has 0 radical (unpaired) electrons. The monoisotopic (exact) mass is 203 g/mol. The van der Waals surface area contributed by atoms with Crippen LogP contribution in [-0.4, -0.2) is 22.0 Å². The number of rotatable bonds is 6. The van der Waals surface area contributed by atoms with Crippen LogP contribution >= 0.6 is 0 Å². The van der Waals surface area contributed by atoms with E-state index in [0.717, 1.165) is 0 Å². The summed E-state index contributed by atoms with van der Waals surface area (Å²) < 4.78 is 0. The van der Waals surface area contributed by atoms with Crippen LogP contribution in [0.15, 0.2) is 0 Å². The smallest absolute Gasteiger partial charge is 0.306 e. The summed E-state index contributed by atoms with van der Waals surface area (Å²) >= 11 is 0. The van der Waals surface area contributed by atoms with Gasteiger partial charge in [0.1, 0.15) is 0 Å². The first-order valence-electron chi connectivity index (χ1n) is 4.70. The Morgan fingerprint density at radius 3 is 2.14 bits per heavy atom. The van der Waals surface area contributed by atoms with Gasteiger partial charge in [0.15, 0.2) is 0 Å². The van der Waals surface area contributed by atoms with E-state index in [0.29, 0.717) is 6.42 Å². The molecule has 0 aromatic rings. The molecule has 14 heavy (non-hydrogen) atoms. The minimum Gasteiger partial charge on any atom is -0.481 e. The lowest BCUT2D eigenvalue weighted by atomic mass is 9.95. The van der Waals surface area contributed by atoms with Crippen molar-refractivity contribution in [1.29, 1.82) is 0 Å². The zero-order chi connectivity index (χ0) is 11.3. The van der Waals surface area contributed by atoms with Gasteiger partial charge < -0.3 is 5.11 Å². The van der Waals surface area contributed by atoms with E-state index in [1.165, 1.54) is 6.92 Å². The number of hydrogen-bond acceptors (Lipinski definition) is 3. The second-order valence-corrected chi connectivity index (χ2v) is 4.04. The quantitative estimate of drug-likeness (QED) is 0.527. The van der Waals surface area contributed by atoms with E-state index in [2.05, 4.69) is 0 Å². The molecule has 0 aliphatic rings. The zero-order valence-electron chi connectivity index (χ0n) is 8.77. The first kappa shape index (κ1) is 12.9. The Morgan fingerprint density at radius 2 is 1.86 bits per heavy atom. The number of nitro groups is 1. The molecule has 0 aromatic carbocycles. The summed E-state index contributed by atoms with van der Waals surface area (Å²) in [7, 11) is 0. The number of nitrogens with zero attached hydrogens (tertiary/aromatic N) is 1. The molecular weight excluding hydrogens is 186 g/mol. The molecule has 0 amide bonds. The van der Waals surface area contributed by atoms with Gasteiger partial charge in [-0.1, -0.05) is 20.8 Å². The van der Waals surface area contributed by atoms with E-state index in [9.17, 15) is 14.9 Å². The van der Waals surface area contributed by atoms with Crippen molar-refractivity contribution in [1.82, 2.24) is 0 Å². The Bertz CT molecular complexity index is 215. The summed E-state index contributed by atoms with van der Waals surface area (Å²) in [5, 5.41) is 19.2. The van der Waals surface area contributed by atoms with Gasteiger partial charge in [-0.15, -0.1) is 0 Å².